The lowest BCUT2D eigenvalue weighted by Crippen LogP contribution is -2.33. The van der Waals surface area contributed by atoms with Gasteiger partial charge in [-0.15, -0.1) is 0 Å². The van der Waals surface area contributed by atoms with E-state index in [9.17, 15) is 4.79 Å². The lowest BCUT2D eigenvalue weighted by Gasteiger charge is -2.26. The third kappa shape index (κ3) is 2.58. The Kier molecular flexibility index (Phi) is 3.46. The van der Waals surface area contributed by atoms with Gasteiger partial charge in [-0.3, -0.25) is 9.89 Å². The summed E-state index contributed by atoms with van der Waals surface area (Å²) in [4.78, 5) is 25.8. The number of hydrogen-bond acceptors (Lipinski definition) is 5. The first-order valence-electron chi connectivity index (χ1n) is 9.13. The Morgan fingerprint density at radius 3 is 2.56 bits per heavy atom. The number of nitrogens with one attached hydrogen (secondary N) is 1. The average Bonchev–Trinajstić information content (AvgIpc) is 3.28. The van der Waals surface area contributed by atoms with Gasteiger partial charge in [0, 0.05) is 61.9 Å². The molecule has 7 nitrogen and oxygen atoms in total. The highest BCUT2D eigenvalue weighted by atomic mass is 16.2. The number of carbonyl (C=O) groups is 1. The zero-order valence-corrected chi connectivity index (χ0v) is 14.1. The summed E-state index contributed by atoms with van der Waals surface area (Å²) in [5, 5.41) is 6.59. The van der Waals surface area contributed by atoms with Crippen LogP contribution in [0.4, 0.5) is 5.82 Å². The number of rotatable bonds is 3. The minimum absolute atomic E-state index is 0.0870. The number of aromatic nitrogens is 4. The lowest BCUT2D eigenvalue weighted by molar-refractivity contribution is 0.0782. The van der Waals surface area contributed by atoms with Gasteiger partial charge in [-0.25, -0.2) is 9.97 Å². The van der Waals surface area contributed by atoms with Gasteiger partial charge in [0.2, 0.25) is 0 Å². The third-order valence-corrected chi connectivity index (χ3v) is 6.04. The molecule has 0 aromatic carbocycles. The molecule has 1 saturated carbocycles. The molecule has 2 saturated heterocycles. The standard InChI is InChI=1S/C18H22N6O/c25-18(13-5-21-22-6-13)24-9-14-7-23(8-15(14)10-24)17-4-16(19-11-20-17)12-2-1-3-12/h4-6,11-12,14-15H,1-3,7-10H2,(H,21,22). The zero-order chi connectivity index (χ0) is 16.8. The van der Waals surface area contributed by atoms with E-state index in [1.165, 1.54) is 25.0 Å². The predicted octanol–water partition coefficient (Wildman–Crippen LogP) is 1.68. The van der Waals surface area contributed by atoms with Crippen molar-refractivity contribution in [2.75, 3.05) is 31.1 Å². The van der Waals surface area contributed by atoms with Crippen LogP contribution < -0.4 is 4.90 Å². The van der Waals surface area contributed by atoms with Crippen LogP contribution in [0.3, 0.4) is 0 Å². The van der Waals surface area contributed by atoms with Gasteiger partial charge in [0.25, 0.3) is 5.91 Å². The van der Waals surface area contributed by atoms with E-state index < -0.39 is 0 Å². The largest absolute Gasteiger partial charge is 0.356 e. The summed E-state index contributed by atoms with van der Waals surface area (Å²) in [6, 6.07) is 2.18. The number of H-pyrrole nitrogens is 1. The third-order valence-electron chi connectivity index (χ3n) is 6.04. The molecule has 5 rings (SSSR count). The summed E-state index contributed by atoms with van der Waals surface area (Å²) in [5.74, 6) is 2.82. The number of carbonyl (C=O) groups excluding carboxylic acids is 1. The van der Waals surface area contributed by atoms with E-state index in [2.05, 4.69) is 31.1 Å². The molecule has 1 N–H and O–H groups in total. The highest BCUT2D eigenvalue weighted by Gasteiger charge is 2.42. The SMILES string of the molecule is O=C(c1cn[nH]c1)N1CC2CN(c3cc(C4CCC4)ncn3)CC2C1. The van der Waals surface area contributed by atoms with Gasteiger partial charge in [-0.1, -0.05) is 6.42 Å². The Labute approximate surface area is 146 Å². The number of anilines is 1. The molecular formula is C18H22N6O. The highest BCUT2D eigenvalue weighted by molar-refractivity contribution is 5.93. The van der Waals surface area contributed by atoms with Crippen molar-refractivity contribution in [1.29, 1.82) is 0 Å². The first-order chi connectivity index (χ1) is 12.3. The number of likely N-dealkylation sites (tertiary alicyclic amines) is 1. The maximum atomic E-state index is 12.5. The highest BCUT2D eigenvalue weighted by Crippen LogP contribution is 2.38. The van der Waals surface area contributed by atoms with Gasteiger partial charge in [0.1, 0.15) is 12.1 Å². The molecule has 2 aromatic heterocycles. The van der Waals surface area contributed by atoms with Crippen LogP contribution in [0.5, 0.6) is 0 Å². The van der Waals surface area contributed by atoms with Crippen LogP contribution >= 0.6 is 0 Å². The molecule has 2 aromatic rings. The minimum Gasteiger partial charge on any atom is -0.356 e. The molecule has 1 aliphatic carbocycles. The molecule has 2 aliphatic heterocycles. The molecular weight excluding hydrogens is 316 g/mol. The second-order valence-corrected chi connectivity index (χ2v) is 7.55. The van der Waals surface area contributed by atoms with Crippen LogP contribution in [0.2, 0.25) is 0 Å². The lowest BCUT2D eigenvalue weighted by atomic mass is 9.83. The molecule has 0 radical (unpaired) electrons. The van der Waals surface area contributed by atoms with Crippen LogP contribution in [0.1, 0.15) is 41.2 Å². The molecule has 4 heterocycles. The molecule has 2 atom stereocenters. The summed E-state index contributed by atoms with van der Waals surface area (Å²) in [7, 11) is 0. The van der Waals surface area contributed by atoms with Crippen molar-refractivity contribution >= 4 is 11.7 Å². The number of amides is 1. The number of aromatic amines is 1. The maximum absolute atomic E-state index is 12.5. The van der Waals surface area contributed by atoms with Crippen molar-refractivity contribution in [1.82, 2.24) is 25.1 Å². The summed E-state index contributed by atoms with van der Waals surface area (Å²) < 4.78 is 0. The number of hydrogen-bond donors (Lipinski definition) is 1. The molecule has 2 unspecified atom stereocenters. The van der Waals surface area contributed by atoms with Gasteiger partial charge in [-0.2, -0.15) is 5.10 Å². The Hall–Kier alpha value is -2.44. The number of fused-ring (bicyclic) bond motifs is 1. The summed E-state index contributed by atoms with van der Waals surface area (Å²) in [5.41, 5.74) is 1.85. The van der Waals surface area contributed by atoms with Crippen molar-refractivity contribution in [3.8, 4) is 0 Å². The molecule has 3 fully saturated rings. The minimum atomic E-state index is 0.0870. The molecule has 7 heteroatoms. The van der Waals surface area contributed by atoms with E-state index in [4.69, 9.17) is 0 Å². The van der Waals surface area contributed by atoms with E-state index in [-0.39, 0.29) is 5.91 Å². The van der Waals surface area contributed by atoms with Gasteiger partial charge >= 0.3 is 0 Å². The Morgan fingerprint density at radius 1 is 1.12 bits per heavy atom. The predicted molar refractivity (Wildman–Crippen MR) is 92.3 cm³/mol. The summed E-state index contributed by atoms with van der Waals surface area (Å²) >= 11 is 0. The Bertz CT molecular complexity index is 758. The molecule has 130 valence electrons. The smallest absolute Gasteiger partial charge is 0.257 e. The van der Waals surface area contributed by atoms with Crippen LogP contribution in [0.25, 0.3) is 0 Å². The van der Waals surface area contributed by atoms with Gasteiger partial charge in [0.05, 0.1) is 11.8 Å². The van der Waals surface area contributed by atoms with Crippen LogP contribution in [0.15, 0.2) is 24.8 Å². The Morgan fingerprint density at radius 2 is 1.92 bits per heavy atom. The maximum Gasteiger partial charge on any atom is 0.257 e. The first kappa shape index (κ1) is 14.9. The van der Waals surface area contributed by atoms with Crippen LogP contribution in [-0.4, -0.2) is 57.2 Å². The van der Waals surface area contributed by atoms with Crippen molar-refractivity contribution in [3.63, 3.8) is 0 Å². The molecule has 25 heavy (non-hydrogen) atoms. The summed E-state index contributed by atoms with van der Waals surface area (Å²) in [6.45, 7) is 3.60. The van der Waals surface area contributed by atoms with Crippen molar-refractivity contribution in [2.24, 2.45) is 11.8 Å². The van der Waals surface area contributed by atoms with Crippen molar-refractivity contribution in [2.45, 2.75) is 25.2 Å². The molecule has 0 bridgehead atoms. The van der Waals surface area contributed by atoms with Crippen LogP contribution in [0, 0.1) is 11.8 Å². The van der Waals surface area contributed by atoms with E-state index in [0.717, 1.165) is 32.0 Å². The molecule has 0 spiro atoms. The fraction of sp³-hybridized carbons (Fsp3) is 0.556. The quantitative estimate of drug-likeness (QED) is 0.921. The second-order valence-electron chi connectivity index (χ2n) is 7.55. The van der Waals surface area contributed by atoms with Crippen LogP contribution in [-0.2, 0) is 0 Å². The van der Waals surface area contributed by atoms with Gasteiger partial charge in [-0.05, 0) is 12.8 Å². The fourth-order valence-corrected chi connectivity index (χ4v) is 4.36. The van der Waals surface area contributed by atoms with Gasteiger partial charge < -0.3 is 9.80 Å². The second kappa shape index (κ2) is 5.82. The van der Waals surface area contributed by atoms with E-state index >= 15 is 0 Å². The zero-order valence-electron chi connectivity index (χ0n) is 14.1. The van der Waals surface area contributed by atoms with Crippen molar-refractivity contribution < 1.29 is 4.79 Å². The van der Waals surface area contributed by atoms with E-state index in [0.29, 0.717) is 23.3 Å². The Balaban J connectivity index is 1.26. The van der Waals surface area contributed by atoms with E-state index in [1.54, 1.807) is 18.7 Å². The first-order valence-corrected chi connectivity index (χ1v) is 9.13. The average molecular weight is 338 g/mol. The monoisotopic (exact) mass is 338 g/mol. The topological polar surface area (TPSA) is 78.0 Å². The normalized spacial score (nSPS) is 25.9. The number of nitrogens with zero attached hydrogens (tertiary/aromatic N) is 5. The molecule has 3 aliphatic rings. The van der Waals surface area contributed by atoms with E-state index in [1.807, 2.05) is 4.90 Å². The molecule has 1 amide bonds. The summed E-state index contributed by atoms with van der Waals surface area (Å²) in [6.07, 6.45) is 8.82. The fourth-order valence-electron chi connectivity index (χ4n) is 4.36. The van der Waals surface area contributed by atoms with Crippen molar-refractivity contribution in [3.05, 3.63) is 36.0 Å². The van der Waals surface area contributed by atoms with Gasteiger partial charge in [0.15, 0.2) is 0 Å².